The van der Waals surface area contributed by atoms with Gasteiger partial charge in [0, 0.05) is 18.8 Å². The number of ether oxygens (including phenoxy) is 1. The molecule has 3 rings (SSSR count). The second-order valence-electron chi connectivity index (χ2n) is 8.75. The number of aliphatic hydroxyl groups excluding tert-OH is 1. The number of amides is 3. The van der Waals surface area contributed by atoms with Gasteiger partial charge in [-0.1, -0.05) is 42.5 Å². The van der Waals surface area contributed by atoms with E-state index < -0.39 is 30.0 Å². The second kappa shape index (κ2) is 13.8. The topological polar surface area (TPSA) is 172 Å². The first-order chi connectivity index (χ1) is 17.9. The van der Waals surface area contributed by atoms with Crippen molar-refractivity contribution in [3.8, 4) is 0 Å². The highest BCUT2D eigenvalue weighted by atomic mass is 16.6. The standard InChI is InChI=1S/C26H34N6O5/c27-25(28)29-14-4-8-21(23(34)30-20-12-10-18(16-33)11-13-20)31-24(35)22-9-5-15-32(22)26(36)37-17-19-6-2-1-3-7-19/h1-3,6-7,10-13,21-22,33H,4-5,8-9,14-17H2,(H,30,34)(H,31,35)(H4,27,28,29)/t21-,22-/m0/s1. The van der Waals surface area contributed by atoms with Crippen LogP contribution in [-0.2, 0) is 27.5 Å². The molecule has 0 bridgehead atoms. The van der Waals surface area contributed by atoms with Crippen LogP contribution in [-0.4, -0.2) is 59.0 Å². The number of carbonyl (C=O) groups excluding carboxylic acids is 3. The number of aliphatic hydroxyl groups is 1. The zero-order valence-corrected chi connectivity index (χ0v) is 20.6. The van der Waals surface area contributed by atoms with Crippen molar-refractivity contribution in [2.24, 2.45) is 16.5 Å². The molecule has 2 aromatic carbocycles. The van der Waals surface area contributed by atoms with Crippen LogP contribution in [0.1, 0.15) is 36.8 Å². The Morgan fingerprint density at radius 3 is 2.49 bits per heavy atom. The molecule has 0 radical (unpaired) electrons. The van der Waals surface area contributed by atoms with E-state index in [4.69, 9.17) is 16.2 Å². The minimum atomic E-state index is -0.873. The monoisotopic (exact) mass is 510 g/mol. The molecule has 1 aliphatic rings. The van der Waals surface area contributed by atoms with E-state index in [1.54, 1.807) is 24.3 Å². The average molecular weight is 511 g/mol. The fourth-order valence-electron chi connectivity index (χ4n) is 4.02. The van der Waals surface area contributed by atoms with E-state index in [2.05, 4.69) is 15.6 Å². The van der Waals surface area contributed by atoms with Gasteiger partial charge >= 0.3 is 6.09 Å². The Morgan fingerprint density at radius 2 is 1.81 bits per heavy atom. The summed E-state index contributed by atoms with van der Waals surface area (Å²) in [7, 11) is 0. The van der Waals surface area contributed by atoms with Crippen LogP contribution in [0.25, 0.3) is 0 Å². The molecule has 2 aromatic rings. The van der Waals surface area contributed by atoms with Crippen LogP contribution >= 0.6 is 0 Å². The van der Waals surface area contributed by atoms with Gasteiger partial charge in [-0.2, -0.15) is 0 Å². The van der Waals surface area contributed by atoms with Gasteiger partial charge in [-0.3, -0.25) is 19.5 Å². The first-order valence-electron chi connectivity index (χ1n) is 12.2. The third-order valence-electron chi connectivity index (χ3n) is 5.98. The van der Waals surface area contributed by atoms with Crippen molar-refractivity contribution >= 4 is 29.6 Å². The van der Waals surface area contributed by atoms with Crippen LogP contribution in [0.3, 0.4) is 0 Å². The maximum Gasteiger partial charge on any atom is 0.410 e. The molecule has 1 heterocycles. The van der Waals surface area contributed by atoms with E-state index >= 15 is 0 Å². The lowest BCUT2D eigenvalue weighted by Gasteiger charge is -2.26. The summed E-state index contributed by atoms with van der Waals surface area (Å²) in [5.74, 6) is -0.887. The van der Waals surface area contributed by atoms with Crippen molar-refractivity contribution in [3.63, 3.8) is 0 Å². The Bertz CT molecular complexity index is 1070. The van der Waals surface area contributed by atoms with Crippen LogP contribution in [0.4, 0.5) is 10.5 Å². The molecule has 0 aromatic heterocycles. The summed E-state index contributed by atoms with van der Waals surface area (Å²) in [6, 6.07) is 14.4. The van der Waals surface area contributed by atoms with Crippen molar-refractivity contribution in [2.75, 3.05) is 18.4 Å². The lowest BCUT2D eigenvalue weighted by molar-refractivity contribution is -0.129. The molecule has 11 heteroatoms. The number of carbonyl (C=O) groups is 3. The molecule has 1 aliphatic heterocycles. The average Bonchev–Trinajstić information content (AvgIpc) is 3.40. The summed E-state index contributed by atoms with van der Waals surface area (Å²) in [5, 5.41) is 14.8. The Balaban J connectivity index is 1.63. The molecule has 0 saturated carbocycles. The third kappa shape index (κ3) is 8.50. The minimum absolute atomic E-state index is 0.0513. The number of aliphatic imine (C=N–C) groups is 1. The number of guanidine groups is 1. The zero-order valence-electron chi connectivity index (χ0n) is 20.6. The molecule has 2 atom stereocenters. The molecule has 0 unspecified atom stereocenters. The van der Waals surface area contributed by atoms with Crippen molar-refractivity contribution in [2.45, 2.75) is 51.0 Å². The van der Waals surface area contributed by atoms with Gasteiger partial charge in [0.15, 0.2) is 5.96 Å². The first kappa shape index (κ1) is 27.5. The number of benzene rings is 2. The van der Waals surface area contributed by atoms with Gasteiger partial charge in [0.25, 0.3) is 0 Å². The highest BCUT2D eigenvalue weighted by Crippen LogP contribution is 2.20. The van der Waals surface area contributed by atoms with Crippen LogP contribution in [0.5, 0.6) is 0 Å². The minimum Gasteiger partial charge on any atom is -0.445 e. The van der Waals surface area contributed by atoms with Crippen molar-refractivity contribution < 1.29 is 24.2 Å². The maximum absolute atomic E-state index is 13.2. The third-order valence-corrected chi connectivity index (χ3v) is 5.98. The van der Waals surface area contributed by atoms with Gasteiger partial charge in [-0.15, -0.1) is 0 Å². The second-order valence-corrected chi connectivity index (χ2v) is 8.75. The SMILES string of the molecule is NC(N)=NCCC[C@H](NC(=O)[C@@H]1CCCN1C(=O)OCc1ccccc1)C(=O)Nc1ccc(CO)cc1. The van der Waals surface area contributed by atoms with E-state index in [-0.39, 0.29) is 25.6 Å². The van der Waals surface area contributed by atoms with E-state index in [1.165, 1.54) is 4.90 Å². The quantitative estimate of drug-likeness (QED) is 0.173. The van der Waals surface area contributed by atoms with Gasteiger partial charge in [0.1, 0.15) is 18.7 Å². The van der Waals surface area contributed by atoms with Crippen molar-refractivity contribution in [1.82, 2.24) is 10.2 Å². The maximum atomic E-state index is 13.2. The molecule has 0 aliphatic carbocycles. The largest absolute Gasteiger partial charge is 0.445 e. The summed E-state index contributed by atoms with van der Waals surface area (Å²) in [5.41, 5.74) is 12.8. The number of nitrogens with zero attached hydrogens (tertiary/aromatic N) is 2. The Hall–Kier alpha value is -4.12. The molecule has 11 nitrogen and oxygen atoms in total. The number of anilines is 1. The van der Waals surface area contributed by atoms with E-state index in [0.29, 0.717) is 43.6 Å². The predicted molar refractivity (Wildman–Crippen MR) is 139 cm³/mol. The molecular formula is C26H34N6O5. The van der Waals surface area contributed by atoms with Gasteiger partial charge in [-0.05, 0) is 48.9 Å². The number of nitrogens with one attached hydrogen (secondary N) is 2. The Kier molecular flexibility index (Phi) is 10.3. The molecule has 0 spiro atoms. The summed E-state index contributed by atoms with van der Waals surface area (Å²) in [4.78, 5) is 44.3. The Labute approximate surface area is 215 Å². The van der Waals surface area contributed by atoms with Gasteiger partial charge in [0.2, 0.25) is 11.8 Å². The predicted octanol–water partition coefficient (Wildman–Crippen LogP) is 1.46. The number of hydrogen-bond donors (Lipinski definition) is 5. The van der Waals surface area contributed by atoms with E-state index in [0.717, 1.165) is 5.56 Å². The normalized spacial score (nSPS) is 15.5. The number of nitrogens with two attached hydrogens (primary N) is 2. The van der Waals surface area contributed by atoms with Gasteiger partial charge in [-0.25, -0.2) is 4.79 Å². The van der Waals surface area contributed by atoms with Crippen LogP contribution in [0.15, 0.2) is 59.6 Å². The summed E-state index contributed by atoms with van der Waals surface area (Å²) < 4.78 is 5.42. The highest BCUT2D eigenvalue weighted by Gasteiger charge is 2.36. The molecule has 1 saturated heterocycles. The van der Waals surface area contributed by atoms with Crippen LogP contribution < -0.4 is 22.1 Å². The van der Waals surface area contributed by atoms with Crippen molar-refractivity contribution in [1.29, 1.82) is 0 Å². The first-order valence-corrected chi connectivity index (χ1v) is 12.2. The molecule has 198 valence electrons. The molecule has 3 amide bonds. The zero-order chi connectivity index (χ0) is 26.6. The summed E-state index contributed by atoms with van der Waals surface area (Å²) in [6.07, 6.45) is 1.29. The summed E-state index contributed by atoms with van der Waals surface area (Å²) in [6.45, 7) is 0.692. The number of likely N-dealkylation sites (tertiary alicyclic amines) is 1. The fraction of sp³-hybridized carbons (Fsp3) is 0.385. The lowest BCUT2D eigenvalue weighted by Crippen LogP contribution is -2.52. The Morgan fingerprint density at radius 1 is 1.08 bits per heavy atom. The van der Waals surface area contributed by atoms with Crippen molar-refractivity contribution in [3.05, 3.63) is 65.7 Å². The molecule has 7 N–H and O–H groups in total. The smallest absolute Gasteiger partial charge is 0.410 e. The molecular weight excluding hydrogens is 476 g/mol. The van der Waals surface area contributed by atoms with E-state index in [9.17, 15) is 19.5 Å². The van der Waals surface area contributed by atoms with E-state index in [1.807, 2.05) is 30.3 Å². The van der Waals surface area contributed by atoms with Crippen LogP contribution in [0.2, 0.25) is 0 Å². The summed E-state index contributed by atoms with van der Waals surface area (Å²) >= 11 is 0. The molecule has 37 heavy (non-hydrogen) atoms. The van der Waals surface area contributed by atoms with Crippen LogP contribution in [0, 0.1) is 0 Å². The highest BCUT2D eigenvalue weighted by molar-refractivity contribution is 5.98. The number of rotatable bonds is 11. The molecule has 1 fully saturated rings. The fourth-order valence-corrected chi connectivity index (χ4v) is 4.02. The lowest BCUT2D eigenvalue weighted by atomic mass is 10.1. The van der Waals surface area contributed by atoms with Gasteiger partial charge < -0.3 is 31.9 Å². The number of hydrogen-bond acceptors (Lipinski definition) is 6. The van der Waals surface area contributed by atoms with Gasteiger partial charge in [0.05, 0.1) is 6.61 Å².